The predicted octanol–water partition coefficient (Wildman–Crippen LogP) is 1.82. The van der Waals surface area contributed by atoms with Crippen LogP contribution in [-0.2, 0) is 11.3 Å². The lowest BCUT2D eigenvalue weighted by Gasteiger charge is -2.32. The molecule has 1 atom stereocenters. The molecule has 1 unspecified atom stereocenters. The molecule has 1 aromatic rings. The molecule has 4 nitrogen and oxygen atoms in total. The summed E-state index contributed by atoms with van der Waals surface area (Å²) >= 11 is 0. The third kappa shape index (κ3) is 2.95. The number of aromatic nitrogens is 1. The van der Waals surface area contributed by atoms with E-state index in [0.717, 1.165) is 38.0 Å². The third-order valence-corrected chi connectivity index (χ3v) is 4.17. The average molecular weight is 261 g/mol. The predicted molar refractivity (Wildman–Crippen MR) is 75.5 cm³/mol. The van der Waals surface area contributed by atoms with Crippen LogP contribution in [-0.4, -0.2) is 35.4 Å². The average Bonchev–Trinajstić information content (AvgIpc) is 2.95. The Bertz CT molecular complexity index is 413. The van der Waals surface area contributed by atoms with Crippen LogP contribution in [0.3, 0.4) is 0 Å². The molecule has 1 amide bonds. The molecule has 1 aliphatic heterocycles. The number of carbonyl (C=O) groups excluding carboxylic acids is 1. The maximum absolute atomic E-state index is 12.8. The van der Waals surface area contributed by atoms with E-state index >= 15 is 0 Å². The minimum atomic E-state index is -0.191. The maximum atomic E-state index is 12.8. The molecule has 4 heteroatoms. The molecule has 1 saturated heterocycles. The Hall–Kier alpha value is -1.42. The van der Waals surface area contributed by atoms with Gasteiger partial charge in [-0.3, -0.25) is 9.78 Å². The minimum Gasteiger partial charge on any atom is -0.338 e. The smallest absolute Gasteiger partial charge is 0.230 e. The zero-order valence-corrected chi connectivity index (χ0v) is 11.9. The highest BCUT2D eigenvalue weighted by molar-refractivity contribution is 5.83. The molecule has 0 bridgehead atoms. The van der Waals surface area contributed by atoms with Gasteiger partial charge < -0.3 is 10.2 Å². The van der Waals surface area contributed by atoms with Crippen molar-refractivity contribution in [2.45, 2.75) is 33.2 Å². The molecule has 0 aliphatic carbocycles. The Morgan fingerprint density at radius 1 is 1.42 bits per heavy atom. The second-order valence-electron chi connectivity index (χ2n) is 5.24. The zero-order chi connectivity index (χ0) is 13.7. The van der Waals surface area contributed by atoms with E-state index in [1.54, 1.807) is 12.4 Å². The SMILES string of the molecule is CCN(Cc1ccncc1)C(=O)C1(CC)CCNC1. The third-order valence-electron chi connectivity index (χ3n) is 4.17. The summed E-state index contributed by atoms with van der Waals surface area (Å²) in [5, 5.41) is 3.33. The van der Waals surface area contributed by atoms with Crippen LogP contribution < -0.4 is 5.32 Å². The van der Waals surface area contributed by atoms with Crippen LogP contribution in [0, 0.1) is 5.41 Å². The van der Waals surface area contributed by atoms with E-state index in [4.69, 9.17) is 0 Å². The van der Waals surface area contributed by atoms with E-state index < -0.39 is 0 Å². The molecule has 2 rings (SSSR count). The molecular formula is C15H23N3O. The van der Waals surface area contributed by atoms with Gasteiger partial charge in [-0.1, -0.05) is 6.92 Å². The number of rotatable bonds is 5. The van der Waals surface area contributed by atoms with Crippen molar-refractivity contribution in [2.24, 2.45) is 5.41 Å². The van der Waals surface area contributed by atoms with Gasteiger partial charge in [-0.05, 0) is 44.0 Å². The van der Waals surface area contributed by atoms with Gasteiger partial charge in [0, 0.05) is 32.0 Å². The summed E-state index contributed by atoms with van der Waals surface area (Å²) in [6.07, 6.45) is 5.42. The summed E-state index contributed by atoms with van der Waals surface area (Å²) in [6.45, 7) is 7.36. The number of nitrogens with one attached hydrogen (secondary N) is 1. The molecular weight excluding hydrogens is 238 g/mol. The number of nitrogens with zero attached hydrogens (tertiary/aromatic N) is 2. The van der Waals surface area contributed by atoms with Gasteiger partial charge in [0.25, 0.3) is 0 Å². The summed E-state index contributed by atoms with van der Waals surface area (Å²) in [4.78, 5) is 18.8. The van der Waals surface area contributed by atoms with Crippen LogP contribution in [0.25, 0.3) is 0 Å². The quantitative estimate of drug-likeness (QED) is 0.879. The van der Waals surface area contributed by atoms with Crippen molar-refractivity contribution >= 4 is 5.91 Å². The number of amides is 1. The van der Waals surface area contributed by atoms with Crippen LogP contribution in [0.1, 0.15) is 32.3 Å². The molecule has 0 aromatic carbocycles. The summed E-state index contributed by atoms with van der Waals surface area (Å²) in [7, 11) is 0. The molecule has 1 fully saturated rings. The second-order valence-corrected chi connectivity index (χ2v) is 5.24. The number of pyridine rings is 1. The van der Waals surface area contributed by atoms with Gasteiger partial charge >= 0.3 is 0 Å². The first-order chi connectivity index (χ1) is 9.22. The Kier molecular flexibility index (Phi) is 4.53. The number of carbonyl (C=O) groups is 1. The highest BCUT2D eigenvalue weighted by Gasteiger charge is 2.41. The topological polar surface area (TPSA) is 45.2 Å². The van der Waals surface area contributed by atoms with Crippen molar-refractivity contribution in [2.75, 3.05) is 19.6 Å². The van der Waals surface area contributed by atoms with E-state index in [1.165, 1.54) is 0 Å². The van der Waals surface area contributed by atoms with Crippen LogP contribution in [0.2, 0.25) is 0 Å². The standard InChI is InChI=1S/C15H23N3O/c1-3-15(7-10-17-12-15)14(19)18(4-2)11-13-5-8-16-9-6-13/h5-6,8-9,17H,3-4,7,10-12H2,1-2H3. The summed E-state index contributed by atoms with van der Waals surface area (Å²) in [6, 6.07) is 3.95. The van der Waals surface area contributed by atoms with E-state index in [0.29, 0.717) is 12.5 Å². The first-order valence-electron chi connectivity index (χ1n) is 7.11. The van der Waals surface area contributed by atoms with Gasteiger partial charge in [0.1, 0.15) is 0 Å². The van der Waals surface area contributed by atoms with Crippen molar-refractivity contribution in [3.63, 3.8) is 0 Å². The number of hydrogen-bond acceptors (Lipinski definition) is 3. The van der Waals surface area contributed by atoms with Crippen molar-refractivity contribution in [1.82, 2.24) is 15.2 Å². The summed E-state index contributed by atoms with van der Waals surface area (Å²) in [5.41, 5.74) is 0.950. The molecule has 104 valence electrons. The zero-order valence-electron chi connectivity index (χ0n) is 11.9. The fourth-order valence-electron chi connectivity index (χ4n) is 2.75. The summed E-state index contributed by atoms with van der Waals surface area (Å²) < 4.78 is 0. The largest absolute Gasteiger partial charge is 0.338 e. The molecule has 0 spiro atoms. The van der Waals surface area contributed by atoms with Crippen LogP contribution in [0.5, 0.6) is 0 Å². The van der Waals surface area contributed by atoms with E-state index in [1.807, 2.05) is 24.0 Å². The van der Waals surface area contributed by atoms with Crippen molar-refractivity contribution in [1.29, 1.82) is 0 Å². The maximum Gasteiger partial charge on any atom is 0.230 e. The van der Waals surface area contributed by atoms with E-state index in [9.17, 15) is 4.79 Å². The summed E-state index contributed by atoms with van der Waals surface area (Å²) in [5.74, 6) is 0.291. The molecule has 2 heterocycles. The molecule has 1 aromatic heterocycles. The molecule has 0 saturated carbocycles. The Balaban J connectivity index is 2.11. The number of hydrogen-bond donors (Lipinski definition) is 1. The van der Waals surface area contributed by atoms with Gasteiger partial charge in [-0.2, -0.15) is 0 Å². The van der Waals surface area contributed by atoms with Gasteiger partial charge in [0.15, 0.2) is 0 Å². The molecule has 1 aliphatic rings. The van der Waals surface area contributed by atoms with Crippen molar-refractivity contribution in [3.05, 3.63) is 30.1 Å². The highest BCUT2D eigenvalue weighted by Crippen LogP contribution is 2.32. The van der Waals surface area contributed by atoms with Gasteiger partial charge in [-0.25, -0.2) is 0 Å². The van der Waals surface area contributed by atoms with E-state index in [-0.39, 0.29) is 5.41 Å². The fraction of sp³-hybridized carbons (Fsp3) is 0.600. The lowest BCUT2D eigenvalue weighted by molar-refractivity contribution is -0.141. The first-order valence-corrected chi connectivity index (χ1v) is 7.11. The fourth-order valence-corrected chi connectivity index (χ4v) is 2.75. The minimum absolute atomic E-state index is 0.191. The second kappa shape index (κ2) is 6.15. The van der Waals surface area contributed by atoms with Gasteiger partial charge in [0.2, 0.25) is 5.91 Å². The van der Waals surface area contributed by atoms with Gasteiger partial charge in [0.05, 0.1) is 5.41 Å². The monoisotopic (exact) mass is 261 g/mol. The molecule has 0 radical (unpaired) electrons. The molecule has 19 heavy (non-hydrogen) atoms. The van der Waals surface area contributed by atoms with Crippen molar-refractivity contribution in [3.8, 4) is 0 Å². The Labute approximate surface area is 115 Å². The lowest BCUT2D eigenvalue weighted by Crippen LogP contribution is -2.44. The lowest BCUT2D eigenvalue weighted by atomic mass is 9.82. The highest BCUT2D eigenvalue weighted by atomic mass is 16.2. The normalized spacial score (nSPS) is 22.4. The van der Waals surface area contributed by atoms with Crippen molar-refractivity contribution < 1.29 is 4.79 Å². The Morgan fingerprint density at radius 3 is 2.68 bits per heavy atom. The van der Waals surface area contributed by atoms with E-state index in [2.05, 4.69) is 17.2 Å². The van der Waals surface area contributed by atoms with Gasteiger partial charge in [-0.15, -0.1) is 0 Å². The molecule has 1 N–H and O–H groups in total. The van der Waals surface area contributed by atoms with Crippen LogP contribution in [0.15, 0.2) is 24.5 Å². The van der Waals surface area contributed by atoms with Crippen LogP contribution >= 0.6 is 0 Å². The first kappa shape index (κ1) is 14.0. The Morgan fingerprint density at radius 2 is 2.16 bits per heavy atom. The van der Waals surface area contributed by atoms with Crippen LogP contribution in [0.4, 0.5) is 0 Å².